The molecule has 1 amide bonds. The van der Waals surface area contributed by atoms with Gasteiger partial charge in [0, 0.05) is 56.2 Å². The van der Waals surface area contributed by atoms with Gasteiger partial charge < -0.3 is 14.9 Å². The number of aryl methyl sites for hydroxylation is 1. The fourth-order valence-electron chi connectivity index (χ4n) is 5.49. The summed E-state index contributed by atoms with van der Waals surface area (Å²) in [7, 11) is 1.77. The number of likely N-dealkylation sites (N-methyl/N-ethyl adjacent to an activating group) is 1. The monoisotopic (exact) mass is 541 g/mol. The van der Waals surface area contributed by atoms with Gasteiger partial charge in [-0.05, 0) is 95.3 Å². The van der Waals surface area contributed by atoms with Crippen LogP contribution in [0.15, 0.2) is 85.0 Å². The zero-order valence-electron chi connectivity index (χ0n) is 22.1. The number of carboxylic acid groups (broad SMARTS) is 1. The number of piperazine rings is 1. The highest BCUT2D eigenvalue weighted by atomic mass is 35.5. The van der Waals surface area contributed by atoms with Crippen LogP contribution in [0.5, 0.6) is 0 Å². The van der Waals surface area contributed by atoms with Crippen LogP contribution in [-0.2, 0) is 11.2 Å². The molecule has 1 heterocycles. The van der Waals surface area contributed by atoms with E-state index in [2.05, 4.69) is 40.6 Å². The molecule has 0 saturated carbocycles. The maximum atomic E-state index is 12.2. The third kappa shape index (κ3) is 5.77. The van der Waals surface area contributed by atoms with Crippen LogP contribution >= 0.6 is 11.6 Å². The normalized spacial score (nSPS) is 15.6. The molecule has 200 valence electrons. The standard InChI is InChI=1S/C32H32ClN3O3/c1-3-30(37)34(2)28-14-15-29-24(20-28)4-5-25(31(29)22-6-10-26(33)11-7-22)21-35-16-18-36(19-17-35)27-12-8-23(9-13-27)32(38)39/h3,6-15,20H,1,4-5,16-19,21H2,2H3,(H,38,39). The van der Waals surface area contributed by atoms with E-state index in [0.717, 1.165) is 62.5 Å². The Labute approximate surface area is 234 Å². The molecular weight excluding hydrogens is 510 g/mol. The van der Waals surface area contributed by atoms with Gasteiger partial charge in [-0.2, -0.15) is 0 Å². The van der Waals surface area contributed by atoms with Crippen molar-refractivity contribution >= 4 is 40.4 Å². The largest absolute Gasteiger partial charge is 0.478 e. The second kappa shape index (κ2) is 11.5. The Morgan fingerprint density at radius 1 is 0.974 bits per heavy atom. The lowest BCUT2D eigenvalue weighted by atomic mass is 9.81. The Bertz CT molecular complexity index is 1420. The SMILES string of the molecule is C=CC(=O)N(C)c1ccc2c(c1)CCC(CN1CCN(c3ccc(C(=O)O)cc3)CC1)=C2c1ccc(Cl)cc1. The predicted molar refractivity (Wildman–Crippen MR) is 158 cm³/mol. The van der Waals surface area contributed by atoms with Crippen molar-refractivity contribution in [2.45, 2.75) is 12.8 Å². The van der Waals surface area contributed by atoms with Crippen molar-refractivity contribution < 1.29 is 14.7 Å². The van der Waals surface area contributed by atoms with E-state index in [1.807, 2.05) is 30.3 Å². The maximum Gasteiger partial charge on any atom is 0.335 e. The Hall–Kier alpha value is -3.87. The van der Waals surface area contributed by atoms with Crippen LogP contribution in [0.1, 0.15) is 33.5 Å². The average Bonchev–Trinajstić information content (AvgIpc) is 2.97. The molecule has 1 N–H and O–H groups in total. The molecule has 0 unspecified atom stereocenters. The highest BCUT2D eigenvalue weighted by Crippen LogP contribution is 2.38. The second-order valence-corrected chi connectivity index (χ2v) is 10.5. The summed E-state index contributed by atoms with van der Waals surface area (Å²) in [5, 5.41) is 9.89. The highest BCUT2D eigenvalue weighted by molar-refractivity contribution is 6.30. The van der Waals surface area contributed by atoms with Gasteiger partial charge in [-0.25, -0.2) is 4.79 Å². The minimum atomic E-state index is -0.904. The molecule has 5 rings (SSSR count). The summed E-state index contributed by atoms with van der Waals surface area (Å²) in [5.74, 6) is -1.03. The number of carbonyl (C=O) groups excluding carboxylic acids is 1. The average molecular weight is 542 g/mol. The first kappa shape index (κ1) is 26.7. The molecule has 39 heavy (non-hydrogen) atoms. The first-order chi connectivity index (χ1) is 18.8. The first-order valence-electron chi connectivity index (χ1n) is 13.2. The molecule has 0 bridgehead atoms. The van der Waals surface area contributed by atoms with E-state index in [9.17, 15) is 14.7 Å². The number of hydrogen-bond donors (Lipinski definition) is 1. The molecule has 1 aliphatic heterocycles. The van der Waals surface area contributed by atoms with Crippen molar-refractivity contribution in [3.05, 3.63) is 112 Å². The zero-order chi connectivity index (χ0) is 27.5. The van der Waals surface area contributed by atoms with E-state index in [1.54, 1.807) is 24.1 Å². The van der Waals surface area contributed by atoms with Crippen LogP contribution in [0.25, 0.3) is 5.57 Å². The summed E-state index contributed by atoms with van der Waals surface area (Å²) >= 11 is 6.23. The number of nitrogens with zero attached hydrogens (tertiary/aromatic N) is 3. The summed E-state index contributed by atoms with van der Waals surface area (Å²) in [6.07, 6.45) is 3.20. The molecule has 2 aliphatic rings. The summed E-state index contributed by atoms with van der Waals surface area (Å²) < 4.78 is 0. The number of aromatic carboxylic acids is 1. The number of amides is 1. The van der Waals surface area contributed by atoms with E-state index < -0.39 is 5.97 Å². The van der Waals surface area contributed by atoms with Crippen molar-refractivity contribution in [2.75, 3.05) is 49.6 Å². The lowest BCUT2D eigenvalue weighted by Crippen LogP contribution is -2.47. The van der Waals surface area contributed by atoms with Crippen molar-refractivity contribution in [3.63, 3.8) is 0 Å². The lowest BCUT2D eigenvalue weighted by molar-refractivity contribution is -0.113. The van der Waals surface area contributed by atoms with Crippen molar-refractivity contribution in [1.29, 1.82) is 0 Å². The van der Waals surface area contributed by atoms with Crippen LogP contribution in [0.3, 0.4) is 0 Å². The van der Waals surface area contributed by atoms with E-state index in [-0.39, 0.29) is 5.91 Å². The number of rotatable bonds is 7. The molecule has 1 aliphatic carbocycles. The van der Waals surface area contributed by atoms with Gasteiger partial charge in [0.05, 0.1) is 5.56 Å². The Balaban J connectivity index is 1.38. The Morgan fingerprint density at radius 2 is 1.67 bits per heavy atom. The van der Waals surface area contributed by atoms with Gasteiger partial charge in [0.25, 0.3) is 0 Å². The molecule has 0 radical (unpaired) electrons. The second-order valence-electron chi connectivity index (χ2n) is 10.0. The highest BCUT2D eigenvalue weighted by Gasteiger charge is 2.25. The van der Waals surface area contributed by atoms with Gasteiger partial charge in [-0.3, -0.25) is 9.69 Å². The minimum Gasteiger partial charge on any atom is -0.478 e. The van der Waals surface area contributed by atoms with Crippen molar-refractivity contribution in [2.24, 2.45) is 0 Å². The fraction of sp³-hybridized carbons (Fsp3) is 0.250. The van der Waals surface area contributed by atoms with Crippen LogP contribution in [0.4, 0.5) is 11.4 Å². The van der Waals surface area contributed by atoms with Gasteiger partial charge in [0.2, 0.25) is 5.91 Å². The maximum absolute atomic E-state index is 12.2. The molecule has 0 atom stereocenters. The van der Waals surface area contributed by atoms with Gasteiger partial charge in [-0.15, -0.1) is 0 Å². The zero-order valence-corrected chi connectivity index (χ0v) is 22.8. The molecule has 7 heteroatoms. The molecular formula is C32H32ClN3O3. The molecule has 1 saturated heterocycles. The smallest absolute Gasteiger partial charge is 0.335 e. The Morgan fingerprint density at radius 3 is 2.31 bits per heavy atom. The van der Waals surface area contributed by atoms with E-state index in [1.165, 1.54) is 28.3 Å². The van der Waals surface area contributed by atoms with Gasteiger partial charge in [-0.1, -0.05) is 36.4 Å². The number of anilines is 2. The van der Waals surface area contributed by atoms with Crippen LogP contribution in [0, 0.1) is 0 Å². The number of fused-ring (bicyclic) bond motifs is 1. The van der Waals surface area contributed by atoms with Crippen LogP contribution < -0.4 is 9.80 Å². The lowest BCUT2D eigenvalue weighted by Gasteiger charge is -2.37. The number of carboxylic acids is 1. The topological polar surface area (TPSA) is 64.1 Å². The third-order valence-electron chi connectivity index (χ3n) is 7.70. The predicted octanol–water partition coefficient (Wildman–Crippen LogP) is 5.76. The molecule has 1 fully saturated rings. The fourth-order valence-corrected chi connectivity index (χ4v) is 5.61. The van der Waals surface area contributed by atoms with E-state index in [4.69, 9.17) is 11.6 Å². The van der Waals surface area contributed by atoms with Crippen molar-refractivity contribution in [1.82, 2.24) is 4.90 Å². The third-order valence-corrected chi connectivity index (χ3v) is 7.95. The summed E-state index contributed by atoms with van der Waals surface area (Å²) in [6.45, 7) is 8.14. The number of carbonyl (C=O) groups is 2. The molecule has 3 aromatic rings. The quantitative estimate of drug-likeness (QED) is 0.385. The Kier molecular flexibility index (Phi) is 7.87. The van der Waals surface area contributed by atoms with E-state index >= 15 is 0 Å². The first-order valence-corrected chi connectivity index (χ1v) is 13.5. The summed E-state index contributed by atoms with van der Waals surface area (Å²) in [6, 6.07) is 21.5. The number of benzene rings is 3. The summed E-state index contributed by atoms with van der Waals surface area (Å²) in [4.78, 5) is 29.8. The van der Waals surface area contributed by atoms with Gasteiger partial charge >= 0.3 is 5.97 Å². The van der Waals surface area contributed by atoms with Crippen LogP contribution in [-0.4, -0.2) is 61.7 Å². The van der Waals surface area contributed by atoms with E-state index in [0.29, 0.717) is 10.6 Å². The summed E-state index contributed by atoms with van der Waals surface area (Å²) in [5.41, 5.74) is 8.49. The van der Waals surface area contributed by atoms with Gasteiger partial charge in [0.15, 0.2) is 0 Å². The molecule has 0 aromatic heterocycles. The molecule has 3 aromatic carbocycles. The molecule has 0 spiro atoms. The minimum absolute atomic E-state index is 0.128. The number of halogens is 1. The van der Waals surface area contributed by atoms with Crippen molar-refractivity contribution in [3.8, 4) is 0 Å². The van der Waals surface area contributed by atoms with Crippen LogP contribution in [0.2, 0.25) is 5.02 Å². The number of hydrogen-bond acceptors (Lipinski definition) is 4. The molecule has 6 nitrogen and oxygen atoms in total. The van der Waals surface area contributed by atoms with Gasteiger partial charge in [0.1, 0.15) is 0 Å².